The minimum Gasteiger partial charge on any atom is -0.454 e. The zero-order valence-corrected chi connectivity index (χ0v) is 10.4. The molecule has 1 heterocycles. The quantitative estimate of drug-likeness (QED) is 0.873. The molecule has 20 heavy (non-hydrogen) atoms. The third-order valence-corrected chi connectivity index (χ3v) is 2.42. The lowest BCUT2D eigenvalue weighted by molar-refractivity contribution is -0.300. The van der Waals surface area contributed by atoms with Gasteiger partial charge in [0.1, 0.15) is 0 Å². The maximum atomic E-state index is 12.4. The minimum absolute atomic E-state index is 0.179. The Bertz CT molecular complexity index is 469. The van der Waals surface area contributed by atoms with Gasteiger partial charge in [0.15, 0.2) is 0 Å². The molecular formula is C11H11F6NO2. The molecule has 0 aliphatic carbocycles. The molecule has 0 unspecified atom stereocenters. The van der Waals surface area contributed by atoms with Gasteiger partial charge in [0.05, 0.1) is 6.61 Å². The maximum Gasteiger partial charge on any atom is 0.434 e. The van der Waals surface area contributed by atoms with Crippen LogP contribution in [0.2, 0.25) is 0 Å². The van der Waals surface area contributed by atoms with Crippen LogP contribution in [0.1, 0.15) is 16.8 Å². The molecule has 1 aromatic heterocycles. The number of pyridine rings is 1. The maximum absolute atomic E-state index is 12.4. The number of rotatable bonds is 3. The van der Waals surface area contributed by atoms with E-state index in [-0.39, 0.29) is 16.8 Å². The summed E-state index contributed by atoms with van der Waals surface area (Å²) in [6, 6.07) is 1.41. The van der Waals surface area contributed by atoms with Crippen molar-refractivity contribution in [3.8, 4) is 5.88 Å². The van der Waals surface area contributed by atoms with Gasteiger partial charge in [-0.25, -0.2) is 4.98 Å². The van der Waals surface area contributed by atoms with Crippen molar-refractivity contribution in [1.82, 2.24) is 4.98 Å². The number of hydrogen-bond donors (Lipinski definition) is 1. The second-order valence-corrected chi connectivity index (χ2v) is 4.10. The number of nitrogens with zero attached hydrogens (tertiary/aromatic N) is 1. The fraction of sp³-hybridized carbons (Fsp3) is 0.545. The van der Waals surface area contributed by atoms with Crippen molar-refractivity contribution in [3.63, 3.8) is 0 Å². The molecule has 0 fully saturated rings. The molecule has 0 aliphatic rings. The summed E-state index contributed by atoms with van der Waals surface area (Å²) in [4.78, 5) is 3.49. The lowest BCUT2D eigenvalue weighted by Gasteiger charge is -2.24. The lowest BCUT2D eigenvalue weighted by atomic mass is 10.1. The van der Waals surface area contributed by atoms with Crippen LogP contribution in [0.3, 0.4) is 0 Å². The van der Waals surface area contributed by atoms with Crippen LogP contribution in [0.4, 0.5) is 26.3 Å². The number of alkyl halides is 6. The first-order valence-corrected chi connectivity index (χ1v) is 5.35. The van der Waals surface area contributed by atoms with E-state index in [0.717, 1.165) is 0 Å². The van der Waals surface area contributed by atoms with Crippen molar-refractivity contribution in [1.29, 1.82) is 0 Å². The van der Waals surface area contributed by atoms with Crippen molar-refractivity contribution in [3.05, 3.63) is 22.9 Å². The molecule has 114 valence electrons. The first kappa shape index (κ1) is 16.5. The highest BCUT2D eigenvalue weighted by molar-refractivity contribution is 5.35. The molecule has 0 aliphatic heterocycles. The van der Waals surface area contributed by atoms with E-state index in [1.165, 1.54) is 19.9 Å². The van der Waals surface area contributed by atoms with Crippen LogP contribution in [0.5, 0.6) is 5.88 Å². The third kappa shape index (κ3) is 3.75. The number of halogens is 6. The van der Waals surface area contributed by atoms with Crippen molar-refractivity contribution in [2.75, 3.05) is 0 Å². The second-order valence-electron chi connectivity index (χ2n) is 4.10. The predicted octanol–water partition coefficient (Wildman–Crippen LogP) is 3.06. The van der Waals surface area contributed by atoms with Gasteiger partial charge in [-0.2, -0.15) is 26.3 Å². The van der Waals surface area contributed by atoms with Crippen LogP contribution in [0.25, 0.3) is 0 Å². The van der Waals surface area contributed by atoms with Crippen LogP contribution in [0.15, 0.2) is 6.07 Å². The summed E-state index contributed by atoms with van der Waals surface area (Å²) in [5, 5.41) is 9.03. The van der Waals surface area contributed by atoms with Crippen LogP contribution in [-0.4, -0.2) is 28.5 Å². The standard InChI is InChI=1S/C11H11F6NO2/c1-5-3-6(2)18-8(7(5)4-19)20-9(10(12,13)14)11(15,16)17/h3,9,19H,4H2,1-2H3. The van der Waals surface area contributed by atoms with Gasteiger partial charge in [-0.05, 0) is 25.5 Å². The topological polar surface area (TPSA) is 42.4 Å². The fourth-order valence-electron chi connectivity index (χ4n) is 1.55. The summed E-state index contributed by atoms with van der Waals surface area (Å²) in [6.07, 6.45) is -15.3. The van der Waals surface area contributed by atoms with Gasteiger partial charge < -0.3 is 9.84 Å². The summed E-state index contributed by atoms with van der Waals surface area (Å²) in [7, 11) is 0. The highest BCUT2D eigenvalue weighted by atomic mass is 19.4. The van der Waals surface area contributed by atoms with Gasteiger partial charge >= 0.3 is 12.4 Å². The van der Waals surface area contributed by atoms with E-state index in [9.17, 15) is 26.3 Å². The molecule has 0 amide bonds. The van der Waals surface area contributed by atoms with Gasteiger partial charge in [0, 0.05) is 11.3 Å². The molecule has 0 saturated heterocycles. The van der Waals surface area contributed by atoms with Crippen LogP contribution in [0, 0.1) is 13.8 Å². The number of hydrogen-bond acceptors (Lipinski definition) is 3. The smallest absolute Gasteiger partial charge is 0.434 e. The SMILES string of the molecule is Cc1cc(C)c(CO)c(OC(C(F)(F)F)C(F)(F)F)n1. The molecule has 0 atom stereocenters. The molecule has 0 radical (unpaired) electrons. The van der Waals surface area contributed by atoms with E-state index in [1.54, 1.807) is 0 Å². The lowest BCUT2D eigenvalue weighted by Crippen LogP contribution is -2.47. The normalized spacial score (nSPS) is 12.9. The van der Waals surface area contributed by atoms with Crippen LogP contribution >= 0.6 is 0 Å². The van der Waals surface area contributed by atoms with Crippen LogP contribution in [-0.2, 0) is 6.61 Å². The number of aliphatic hydroxyl groups excluding tert-OH is 1. The summed E-state index contributed by atoms with van der Waals surface area (Å²) in [5.41, 5.74) is 0.255. The minimum atomic E-state index is -5.63. The molecule has 0 saturated carbocycles. The monoisotopic (exact) mass is 303 g/mol. The molecule has 1 rings (SSSR count). The Labute approximate surface area is 110 Å². The molecule has 0 bridgehead atoms. The Hall–Kier alpha value is -1.51. The molecule has 1 aromatic rings. The summed E-state index contributed by atoms with van der Waals surface area (Å²) >= 11 is 0. The zero-order valence-electron chi connectivity index (χ0n) is 10.4. The molecule has 3 nitrogen and oxygen atoms in total. The predicted molar refractivity (Wildman–Crippen MR) is 56.2 cm³/mol. The number of aliphatic hydroxyl groups is 1. The number of aromatic nitrogens is 1. The van der Waals surface area contributed by atoms with E-state index in [4.69, 9.17) is 5.11 Å². The fourth-order valence-corrected chi connectivity index (χ4v) is 1.55. The van der Waals surface area contributed by atoms with E-state index >= 15 is 0 Å². The van der Waals surface area contributed by atoms with Crippen molar-refractivity contribution in [2.45, 2.75) is 38.9 Å². The summed E-state index contributed by atoms with van der Waals surface area (Å²) in [5.74, 6) is -0.871. The number of ether oxygens (including phenoxy) is 1. The summed E-state index contributed by atoms with van der Waals surface area (Å²) in [6.45, 7) is 2.03. The first-order valence-electron chi connectivity index (χ1n) is 5.35. The van der Waals surface area contributed by atoms with Crippen molar-refractivity contribution in [2.24, 2.45) is 0 Å². The van der Waals surface area contributed by atoms with Gasteiger partial charge in [-0.15, -0.1) is 0 Å². The van der Waals surface area contributed by atoms with Crippen molar-refractivity contribution >= 4 is 0 Å². The van der Waals surface area contributed by atoms with E-state index in [0.29, 0.717) is 0 Å². The molecule has 9 heteroatoms. The Morgan fingerprint density at radius 3 is 2.05 bits per heavy atom. The van der Waals surface area contributed by atoms with Gasteiger partial charge in [-0.1, -0.05) is 0 Å². The summed E-state index contributed by atoms with van der Waals surface area (Å²) < 4.78 is 78.4. The highest BCUT2D eigenvalue weighted by Gasteiger charge is 2.59. The van der Waals surface area contributed by atoms with E-state index in [1.807, 2.05) is 0 Å². The molecular weight excluding hydrogens is 292 g/mol. The van der Waals surface area contributed by atoms with Gasteiger partial charge in [0.2, 0.25) is 5.88 Å². The Morgan fingerprint density at radius 2 is 1.65 bits per heavy atom. The molecule has 1 N–H and O–H groups in total. The Balaban J connectivity index is 3.25. The number of aryl methyl sites for hydroxylation is 2. The molecule has 0 aromatic carbocycles. The first-order chi connectivity index (χ1) is 8.96. The van der Waals surface area contributed by atoms with Crippen molar-refractivity contribution < 1.29 is 36.2 Å². The second kappa shape index (κ2) is 5.47. The van der Waals surface area contributed by atoms with Gasteiger partial charge in [0.25, 0.3) is 6.10 Å². The highest BCUT2D eigenvalue weighted by Crippen LogP contribution is 2.37. The van der Waals surface area contributed by atoms with E-state index in [2.05, 4.69) is 9.72 Å². The van der Waals surface area contributed by atoms with Gasteiger partial charge in [-0.3, -0.25) is 0 Å². The average Bonchev–Trinajstić information content (AvgIpc) is 2.22. The largest absolute Gasteiger partial charge is 0.454 e. The molecule has 0 spiro atoms. The Morgan fingerprint density at radius 1 is 1.15 bits per heavy atom. The van der Waals surface area contributed by atoms with Crippen LogP contribution < -0.4 is 4.74 Å². The van der Waals surface area contributed by atoms with E-state index < -0.39 is 30.9 Å². The Kier molecular flexibility index (Phi) is 4.52. The zero-order chi connectivity index (χ0) is 15.7. The third-order valence-electron chi connectivity index (χ3n) is 2.42. The average molecular weight is 303 g/mol.